The molecule has 3 rings (SSSR count). The molecule has 2 saturated carbocycles. The van der Waals surface area contributed by atoms with Crippen LogP contribution in [0.25, 0.3) is 0 Å². The number of hydrogen-bond acceptors (Lipinski definition) is 6. The topological polar surface area (TPSA) is 83.3 Å². The van der Waals surface area contributed by atoms with E-state index in [0.717, 1.165) is 5.92 Å². The summed E-state index contributed by atoms with van der Waals surface area (Å²) in [6.45, 7) is 5.52. The fourth-order valence-corrected chi connectivity index (χ4v) is 4.04. The number of fused-ring (bicyclic) bond motifs is 2. The lowest BCUT2D eigenvalue weighted by Gasteiger charge is -2.20. The van der Waals surface area contributed by atoms with E-state index in [1.807, 2.05) is 20.8 Å². The zero-order valence-corrected chi connectivity index (χ0v) is 15.2. The molecule has 0 N–H and O–H groups in total. The largest absolute Gasteiger partial charge is 0.459 e. The summed E-state index contributed by atoms with van der Waals surface area (Å²) in [7, 11) is 0. The first-order valence-corrected chi connectivity index (χ1v) is 9.05. The van der Waals surface area contributed by atoms with Gasteiger partial charge in [0.15, 0.2) is 0 Å². The Morgan fingerprint density at radius 1 is 1.24 bits per heavy atom. The molecule has 2 bridgehead atoms. The molecule has 0 unspecified atom stereocenters. The molecule has 0 spiro atoms. The average molecular weight is 349 g/mol. The van der Waals surface area contributed by atoms with Crippen molar-refractivity contribution >= 4 is 11.9 Å². The van der Waals surface area contributed by atoms with E-state index in [9.17, 15) is 9.59 Å². The van der Waals surface area contributed by atoms with Gasteiger partial charge in [-0.1, -0.05) is 11.6 Å². The minimum atomic E-state index is -0.532. The van der Waals surface area contributed by atoms with Crippen LogP contribution in [-0.2, 0) is 32.2 Å². The number of rotatable bonds is 6. The van der Waals surface area contributed by atoms with Crippen molar-refractivity contribution in [3.8, 4) is 0 Å². The van der Waals surface area contributed by atoms with Crippen LogP contribution in [0.1, 0.15) is 58.6 Å². The highest BCUT2D eigenvalue weighted by atomic mass is 16.6. The van der Waals surface area contributed by atoms with Crippen LogP contribution in [0, 0.1) is 17.8 Å². The Balaban J connectivity index is 1.41. The minimum Gasteiger partial charge on any atom is -0.459 e. The van der Waals surface area contributed by atoms with Crippen molar-refractivity contribution in [3.05, 3.63) is 11.9 Å². The molecule has 7 heteroatoms. The lowest BCUT2D eigenvalue weighted by atomic mass is 9.86. The number of ether oxygens (including phenoxy) is 2. The molecule has 7 nitrogen and oxygen atoms in total. The molecule has 1 aromatic rings. The predicted molar refractivity (Wildman–Crippen MR) is 89.2 cm³/mol. The number of carbonyl (C=O) groups excluding carboxylic acids is 2. The third-order valence-corrected chi connectivity index (χ3v) is 4.99. The summed E-state index contributed by atoms with van der Waals surface area (Å²) < 4.78 is 12.0. The van der Waals surface area contributed by atoms with Gasteiger partial charge in [0.05, 0.1) is 6.20 Å². The van der Waals surface area contributed by atoms with Gasteiger partial charge < -0.3 is 9.47 Å². The first-order chi connectivity index (χ1) is 11.8. The van der Waals surface area contributed by atoms with Gasteiger partial charge in [0.1, 0.15) is 24.4 Å². The molecule has 0 aliphatic heterocycles. The Hall–Kier alpha value is -1.92. The van der Waals surface area contributed by atoms with Gasteiger partial charge in [-0.15, -0.1) is 5.10 Å². The normalized spacial score (nSPS) is 25.2. The molecule has 2 aliphatic rings. The van der Waals surface area contributed by atoms with Crippen molar-refractivity contribution in [1.82, 2.24) is 15.0 Å². The molecule has 25 heavy (non-hydrogen) atoms. The third kappa shape index (κ3) is 5.03. The minimum absolute atomic E-state index is 0.0106. The van der Waals surface area contributed by atoms with E-state index < -0.39 is 5.60 Å². The second kappa shape index (κ2) is 7.14. The summed E-state index contributed by atoms with van der Waals surface area (Å²) in [4.78, 5) is 23.8. The Labute approximate surface area is 148 Å². The van der Waals surface area contributed by atoms with Crippen molar-refractivity contribution in [2.75, 3.05) is 0 Å². The fourth-order valence-electron chi connectivity index (χ4n) is 4.04. The molecule has 0 amide bonds. The van der Waals surface area contributed by atoms with Gasteiger partial charge in [0, 0.05) is 6.42 Å². The first-order valence-electron chi connectivity index (χ1n) is 9.05. The number of hydrogen-bond donors (Lipinski definition) is 0. The van der Waals surface area contributed by atoms with Gasteiger partial charge in [0.25, 0.3) is 0 Å². The summed E-state index contributed by atoms with van der Waals surface area (Å²) in [6.07, 6.45) is 7.17. The van der Waals surface area contributed by atoms with Crippen LogP contribution in [0.3, 0.4) is 0 Å². The second-order valence-electron chi connectivity index (χ2n) is 8.29. The third-order valence-electron chi connectivity index (χ3n) is 4.99. The molecule has 0 radical (unpaired) electrons. The maximum absolute atomic E-state index is 12.0. The molecule has 2 aliphatic carbocycles. The molecule has 2 fully saturated rings. The number of aromatic nitrogens is 3. The van der Waals surface area contributed by atoms with Crippen LogP contribution >= 0.6 is 0 Å². The molecule has 1 aromatic heterocycles. The van der Waals surface area contributed by atoms with E-state index in [-0.39, 0.29) is 25.1 Å². The molecule has 138 valence electrons. The van der Waals surface area contributed by atoms with Gasteiger partial charge in [-0.25, -0.2) is 4.68 Å². The number of carbonyl (C=O) groups is 2. The van der Waals surface area contributed by atoms with Crippen molar-refractivity contribution in [2.24, 2.45) is 17.8 Å². The van der Waals surface area contributed by atoms with Gasteiger partial charge >= 0.3 is 11.9 Å². The monoisotopic (exact) mass is 349 g/mol. The van der Waals surface area contributed by atoms with Crippen LogP contribution < -0.4 is 0 Å². The van der Waals surface area contributed by atoms with Crippen molar-refractivity contribution in [3.63, 3.8) is 0 Å². The Morgan fingerprint density at radius 3 is 2.68 bits per heavy atom. The quantitative estimate of drug-likeness (QED) is 0.734. The smallest absolute Gasteiger partial charge is 0.328 e. The van der Waals surface area contributed by atoms with Gasteiger partial charge in [0.2, 0.25) is 0 Å². The molecular formula is C18H27N3O4. The van der Waals surface area contributed by atoms with Crippen LogP contribution in [0.2, 0.25) is 0 Å². The lowest BCUT2D eigenvalue weighted by Crippen LogP contribution is -2.26. The zero-order valence-electron chi connectivity index (χ0n) is 15.2. The van der Waals surface area contributed by atoms with Gasteiger partial charge in [-0.3, -0.25) is 9.59 Å². The van der Waals surface area contributed by atoms with E-state index in [4.69, 9.17) is 9.47 Å². The van der Waals surface area contributed by atoms with Crippen LogP contribution in [-0.4, -0.2) is 32.5 Å². The van der Waals surface area contributed by atoms with Crippen LogP contribution in [0.5, 0.6) is 0 Å². The Kier molecular flexibility index (Phi) is 5.11. The molecular weight excluding hydrogens is 322 g/mol. The van der Waals surface area contributed by atoms with Gasteiger partial charge in [-0.2, -0.15) is 0 Å². The fraction of sp³-hybridized carbons (Fsp3) is 0.778. The maximum atomic E-state index is 12.0. The first kappa shape index (κ1) is 17.9. The molecule has 3 atom stereocenters. The van der Waals surface area contributed by atoms with Crippen molar-refractivity contribution in [1.29, 1.82) is 0 Å². The molecule has 0 aromatic carbocycles. The predicted octanol–water partition coefficient (Wildman–Crippen LogP) is 2.49. The van der Waals surface area contributed by atoms with E-state index >= 15 is 0 Å². The summed E-state index contributed by atoms with van der Waals surface area (Å²) in [5.41, 5.74) is 0.000235. The Morgan fingerprint density at radius 2 is 2.04 bits per heavy atom. The average Bonchev–Trinajstić information content (AvgIpc) is 3.19. The Bertz CT molecular complexity index is 635. The van der Waals surface area contributed by atoms with Crippen LogP contribution in [0.4, 0.5) is 0 Å². The van der Waals surface area contributed by atoms with E-state index in [1.165, 1.54) is 30.4 Å². The highest BCUT2D eigenvalue weighted by molar-refractivity contribution is 5.70. The van der Waals surface area contributed by atoms with Crippen molar-refractivity contribution in [2.45, 2.75) is 71.6 Å². The van der Waals surface area contributed by atoms with E-state index in [1.54, 1.807) is 6.20 Å². The highest BCUT2D eigenvalue weighted by Gasteiger charge is 2.40. The molecule has 1 heterocycles. The van der Waals surface area contributed by atoms with Crippen LogP contribution in [0.15, 0.2) is 6.20 Å². The summed E-state index contributed by atoms with van der Waals surface area (Å²) >= 11 is 0. The van der Waals surface area contributed by atoms with Crippen molar-refractivity contribution < 1.29 is 19.1 Å². The molecule has 0 saturated heterocycles. The number of esters is 2. The van der Waals surface area contributed by atoms with Gasteiger partial charge in [-0.05, 0) is 57.8 Å². The standard InChI is InChI=1S/C18H27N3O4/c1-18(2,3)25-17(23)10-21-9-15(19-20-21)11-24-16(22)8-14-7-12-4-5-13(14)6-12/h9,12-14H,4-8,10-11H2,1-3H3/t12-,13-,14-/m0/s1. The number of nitrogens with zero attached hydrogens (tertiary/aromatic N) is 3. The van der Waals surface area contributed by atoms with E-state index in [0.29, 0.717) is 24.0 Å². The highest BCUT2D eigenvalue weighted by Crippen LogP contribution is 2.49. The zero-order chi connectivity index (χ0) is 18.0. The summed E-state index contributed by atoms with van der Waals surface area (Å²) in [6, 6.07) is 0. The second-order valence-corrected chi connectivity index (χ2v) is 8.29. The van der Waals surface area contributed by atoms with E-state index in [2.05, 4.69) is 10.3 Å². The summed E-state index contributed by atoms with van der Waals surface area (Å²) in [5, 5.41) is 7.81. The SMILES string of the molecule is CC(C)(C)OC(=O)Cn1cc(COC(=O)C[C@@H]2C[C@H]3CC[C@H]2C3)nn1. The maximum Gasteiger partial charge on any atom is 0.328 e. The lowest BCUT2D eigenvalue weighted by molar-refractivity contribution is -0.155. The summed E-state index contributed by atoms with van der Waals surface area (Å²) in [5.74, 6) is 1.49.